The lowest BCUT2D eigenvalue weighted by molar-refractivity contribution is 0.164. The van der Waals surface area contributed by atoms with E-state index in [0.717, 1.165) is 12.1 Å². The van der Waals surface area contributed by atoms with Crippen LogP contribution in [0.25, 0.3) is 0 Å². The predicted molar refractivity (Wildman–Crippen MR) is 58.6 cm³/mol. The topological polar surface area (TPSA) is 47.6 Å². The van der Waals surface area contributed by atoms with E-state index in [-0.39, 0.29) is 23.6 Å². The van der Waals surface area contributed by atoms with Crippen LogP contribution < -0.4 is 5.73 Å². The molecule has 2 aliphatic rings. The van der Waals surface area contributed by atoms with E-state index < -0.39 is 23.8 Å². The maximum atomic E-state index is 13.8. The number of hydrogen-bond acceptors (Lipinski definition) is 3. The number of rotatable bonds is 2. The normalized spacial score (nSPS) is 33.4. The Hall–Kier alpha value is -1.72. The maximum Gasteiger partial charge on any atom is 0.283 e. The number of hydrogen-bond donors (Lipinski definition) is 1. The molecule has 0 bridgehead atoms. The lowest BCUT2D eigenvalue weighted by Gasteiger charge is -2.31. The Labute approximate surface area is 101 Å². The van der Waals surface area contributed by atoms with Crippen molar-refractivity contribution < 1.29 is 17.9 Å². The Balaban J connectivity index is 2.20. The molecule has 1 aromatic rings. The van der Waals surface area contributed by atoms with Crippen LogP contribution in [0, 0.1) is 17.6 Å². The third-order valence-electron chi connectivity index (χ3n) is 3.53. The molecule has 18 heavy (non-hydrogen) atoms. The van der Waals surface area contributed by atoms with Crippen LogP contribution in [0.1, 0.15) is 12.0 Å². The Morgan fingerprint density at radius 1 is 1.39 bits per heavy atom. The van der Waals surface area contributed by atoms with E-state index in [4.69, 9.17) is 10.5 Å². The van der Waals surface area contributed by atoms with Crippen LogP contribution >= 0.6 is 0 Å². The van der Waals surface area contributed by atoms with Crippen molar-refractivity contribution in [3.63, 3.8) is 0 Å². The van der Waals surface area contributed by atoms with Gasteiger partial charge in [0.05, 0.1) is 5.56 Å². The van der Waals surface area contributed by atoms with Crippen molar-refractivity contribution in [1.29, 1.82) is 0 Å². The zero-order chi connectivity index (χ0) is 12.9. The van der Waals surface area contributed by atoms with E-state index >= 15 is 0 Å². The van der Waals surface area contributed by atoms with Crippen molar-refractivity contribution in [2.45, 2.75) is 18.1 Å². The van der Waals surface area contributed by atoms with Gasteiger partial charge in [-0.15, -0.1) is 0 Å². The Morgan fingerprint density at radius 3 is 2.67 bits per heavy atom. The molecule has 2 N–H and O–H groups in total. The van der Waals surface area contributed by atoms with Crippen LogP contribution in [0.4, 0.5) is 13.2 Å². The number of nitrogens with zero attached hydrogens (tertiary/aromatic N) is 1. The Bertz CT molecular complexity index is 514. The number of amidine groups is 1. The fourth-order valence-electron chi connectivity index (χ4n) is 2.61. The molecule has 3 rings (SSSR count). The van der Waals surface area contributed by atoms with Gasteiger partial charge in [-0.25, -0.2) is 18.2 Å². The molecule has 3 nitrogen and oxygen atoms in total. The van der Waals surface area contributed by atoms with Crippen molar-refractivity contribution >= 4 is 6.02 Å². The number of halogens is 3. The summed E-state index contributed by atoms with van der Waals surface area (Å²) in [4.78, 5) is 3.86. The minimum Gasteiger partial charge on any atom is -0.462 e. The number of aliphatic imine (C=N–C) groups is 1. The first kappa shape index (κ1) is 11.4. The molecule has 6 heteroatoms. The van der Waals surface area contributed by atoms with E-state index in [0.29, 0.717) is 6.42 Å². The van der Waals surface area contributed by atoms with Gasteiger partial charge in [-0.05, 0) is 18.6 Å². The second kappa shape index (κ2) is 3.63. The van der Waals surface area contributed by atoms with Gasteiger partial charge >= 0.3 is 0 Å². The molecular weight excluding hydrogens is 245 g/mol. The first-order chi connectivity index (χ1) is 8.58. The molecule has 0 amide bonds. The summed E-state index contributed by atoms with van der Waals surface area (Å²) in [5, 5.41) is 0. The first-order valence-electron chi connectivity index (χ1n) is 5.61. The Kier molecular flexibility index (Phi) is 2.30. The smallest absolute Gasteiger partial charge is 0.283 e. The second-order valence-electron chi connectivity index (χ2n) is 4.60. The van der Waals surface area contributed by atoms with Crippen LogP contribution in [0.2, 0.25) is 0 Å². The SMILES string of the molecule is NC1=N[C@@](CF)(c2c(F)cccc2F)[C@@H]2C[C@H]2O1. The summed E-state index contributed by atoms with van der Waals surface area (Å²) in [5.41, 5.74) is 3.52. The standard InChI is InChI=1S/C12H11F3N2O/c13-5-12(6-4-9(6)18-11(16)17-12)10-7(14)2-1-3-8(10)15/h1-3,6,9H,4-5H2,(H2,16,17)/t6-,9-,12-/m1/s1. The van der Waals surface area contributed by atoms with Gasteiger partial charge in [-0.1, -0.05) is 6.07 Å². The molecule has 1 heterocycles. The number of nitrogens with two attached hydrogens (primary N) is 1. The fourth-order valence-corrected chi connectivity index (χ4v) is 2.61. The molecule has 0 saturated heterocycles. The highest BCUT2D eigenvalue weighted by molar-refractivity contribution is 5.74. The van der Waals surface area contributed by atoms with Gasteiger partial charge in [0.15, 0.2) is 0 Å². The van der Waals surface area contributed by atoms with Gasteiger partial charge in [0.25, 0.3) is 6.02 Å². The molecule has 0 aromatic heterocycles. The number of benzene rings is 1. The van der Waals surface area contributed by atoms with Gasteiger partial charge < -0.3 is 10.5 Å². The van der Waals surface area contributed by atoms with Gasteiger partial charge in [0, 0.05) is 5.92 Å². The quantitative estimate of drug-likeness (QED) is 0.878. The lowest BCUT2D eigenvalue weighted by atomic mass is 9.85. The molecule has 0 spiro atoms. The Morgan fingerprint density at radius 2 is 2.06 bits per heavy atom. The molecule has 0 unspecified atom stereocenters. The van der Waals surface area contributed by atoms with E-state index in [1.807, 2.05) is 0 Å². The average Bonchev–Trinajstić information content (AvgIpc) is 3.07. The van der Waals surface area contributed by atoms with Crippen LogP contribution in [0.3, 0.4) is 0 Å². The minimum absolute atomic E-state index is 0.214. The summed E-state index contributed by atoms with van der Waals surface area (Å²) < 4.78 is 46.3. The molecular formula is C12H11F3N2O. The summed E-state index contributed by atoms with van der Waals surface area (Å²) in [6.45, 7) is -1.00. The van der Waals surface area contributed by atoms with Crippen molar-refractivity contribution in [1.82, 2.24) is 0 Å². The minimum atomic E-state index is -1.58. The molecule has 0 radical (unpaired) electrons. The summed E-state index contributed by atoms with van der Waals surface area (Å²) in [6, 6.07) is 3.20. The van der Waals surface area contributed by atoms with E-state index in [2.05, 4.69) is 4.99 Å². The van der Waals surface area contributed by atoms with Crippen molar-refractivity contribution in [3.8, 4) is 0 Å². The molecule has 1 fully saturated rings. The highest BCUT2D eigenvalue weighted by Gasteiger charge is 2.60. The predicted octanol–water partition coefficient (Wildman–Crippen LogP) is 1.86. The lowest BCUT2D eigenvalue weighted by Crippen LogP contribution is -2.40. The van der Waals surface area contributed by atoms with Crippen LogP contribution in [-0.4, -0.2) is 18.8 Å². The number of fused-ring (bicyclic) bond motifs is 1. The van der Waals surface area contributed by atoms with Crippen LogP contribution in [-0.2, 0) is 10.3 Å². The maximum absolute atomic E-state index is 13.8. The first-order valence-corrected chi connectivity index (χ1v) is 5.61. The molecule has 96 valence electrons. The summed E-state index contributed by atoms with van der Waals surface area (Å²) in [6.07, 6.45) is 0.208. The van der Waals surface area contributed by atoms with Crippen molar-refractivity contribution in [3.05, 3.63) is 35.4 Å². The second-order valence-corrected chi connectivity index (χ2v) is 4.60. The van der Waals surface area contributed by atoms with E-state index in [1.54, 1.807) is 0 Å². The third kappa shape index (κ3) is 1.41. The molecule has 1 aromatic carbocycles. The summed E-state index contributed by atoms with van der Waals surface area (Å²) >= 11 is 0. The summed E-state index contributed by atoms with van der Waals surface area (Å²) in [5.74, 6) is -1.98. The molecule has 1 saturated carbocycles. The van der Waals surface area contributed by atoms with Gasteiger partial charge in [0.1, 0.15) is 30.0 Å². The zero-order valence-corrected chi connectivity index (χ0v) is 9.37. The summed E-state index contributed by atoms with van der Waals surface area (Å²) in [7, 11) is 0. The van der Waals surface area contributed by atoms with E-state index in [1.165, 1.54) is 6.07 Å². The highest BCUT2D eigenvalue weighted by atomic mass is 19.1. The molecule has 1 aliphatic carbocycles. The highest BCUT2D eigenvalue weighted by Crippen LogP contribution is 2.53. The zero-order valence-electron chi connectivity index (χ0n) is 9.37. The monoisotopic (exact) mass is 256 g/mol. The van der Waals surface area contributed by atoms with Crippen molar-refractivity contribution in [2.75, 3.05) is 6.67 Å². The largest absolute Gasteiger partial charge is 0.462 e. The molecule has 1 aliphatic heterocycles. The van der Waals surface area contributed by atoms with Gasteiger partial charge in [-0.3, -0.25) is 0 Å². The van der Waals surface area contributed by atoms with Gasteiger partial charge in [-0.2, -0.15) is 0 Å². The fraction of sp³-hybridized carbons (Fsp3) is 0.417. The van der Waals surface area contributed by atoms with Gasteiger partial charge in [0.2, 0.25) is 0 Å². The number of ether oxygens (including phenoxy) is 1. The van der Waals surface area contributed by atoms with Crippen molar-refractivity contribution in [2.24, 2.45) is 16.6 Å². The van der Waals surface area contributed by atoms with Crippen LogP contribution in [0.5, 0.6) is 0 Å². The average molecular weight is 256 g/mol. The molecule has 3 atom stereocenters. The van der Waals surface area contributed by atoms with E-state index in [9.17, 15) is 13.2 Å². The number of alkyl halides is 1. The third-order valence-corrected chi connectivity index (χ3v) is 3.53. The van der Waals surface area contributed by atoms with Crippen LogP contribution in [0.15, 0.2) is 23.2 Å².